The van der Waals surface area contributed by atoms with E-state index < -0.39 is 5.97 Å². The molecule has 2 nitrogen and oxygen atoms in total. The molecule has 2 aliphatic rings. The minimum absolute atomic E-state index is 0.387. The van der Waals surface area contributed by atoms with Gasteiger partial charge in [0.25, 0.3) is 0 Å². The lowest BCUT2D eigenvalue weighted by molar-refractivity contribution is -0.137. The maximum absolute atomic E-state index is 10.3. The van der Waals surface area contributed by atoms with Gasteiger partial charge < -0.3 is 5.11 Å². The summed E-state index contributed by atoms with van der Waals surface area (Å²) in [6.07, 6.45) is 6.82. The molecular formula is C10H16O2. The molecule has 2 atom stereocenters. The van der Waals surface area contributed by atoms with E-state index in [1.165, 1.54) is 25.7 Å². The van der Waals surface area contributed by atoms with Crippen LogP contribution in [0.1, 0.15) is 38.5 Å². The molecule has 2 saturated carbocycles. The number of carbonyl (C=O) groups is 1. The van der Waals surface area contributed by atoms with Crippen molar-refractivity contribution in [1.82, 2.24) is 0 Å². The van der Waals surface area contributed by atoms with Gasteiger partial charge in [0.05, 0.1) is 0 Å². The molecule has 2 rings (SSSR count). The lowest BCUT2D eigenvalue weighted by atomic mass is 10.0. The Kier molecular flexibility index (Phi) is 2.07. The Morgan fingerprint density at radius 3 is 2.33 bits per heavy atom. The average molecular weight is 168 g/mol. The van der Waals surface area contributed by atoms with Crippen LogP contribution in [0.4, 0.5) is 0 Å². The largest absolute Gasteiger partial charge is 0.481 e. The molecule has 2 heteroatoms. The molecule has 0 heterocycles. The summed E-state index contributed by atoms with van der Waals surface area (Å²) in [5.74, 6) is 1.98. The zero-order valence-corrected chi connectivity index (χ0v) is 7.33. The zero-order chi connectivity index (χ0) is 8.55. The van der Waals surface area contributed by atoms with Crippen LogP contribution in [0.2, 0.25) is 0 Å². The summed E-state index contributed by atoms with van der Waals surface area (Å²) in [6.45, 7) is 0. The number of carboxylic acids is 1. The smallest absolute Gasteiger partial charge is 0.303 e. The highest BCUT2D eigenvalue weighted by Gasteiger charge is 2.49. The van der Waals surface area contributed by atoms with Crippen molar-refractivity contribution < 1.29 is 9.90 Å². The van der Waals surface area contributed by atoms with Crippen molar-refractivity contribution in [3.8, 4) is 0 Å². The number of carboxylic acid groups (broad SMARTS) is 1. The number of hydrogen-bond acceptors (Lipinski definition) is 1. The molecule has 0 aliphatic heterocycles. The van der Waals surface area contributed by atoms with Gasteiger partial charge in [0.15, 0.2) is 0 Å². The van der Waals surface area contributed by atoms with Crippen LogP contribution in [0.5, 0.6) is 0 Å². The fourth-order valence-corrected chi connectivity index (χ4v) is 2.86. The van der Waals surface area contributed by atoms with Gasteiger partial charge in [-0.25, -0.2) is 0 Å². The summed E-state index contributed by atoms with van der Waals surface area (Å²) < 4.78 is 0. The fraction of sp³-hybridized carbons (Fsp3) is 0.900. The van der Waals surface area contributed by atoms with Gasteiger partial charge in [0.2, 0.25) is 0 Å². The molecule has 12 heavy (non-hydrogen) atoms. The van der Waals surface area contributed by atoms with Crippen LogP contribution in [0.25, 0.3) is 0 Å². The number of fused-ring (bicyclic) bond motifs is 1. The van der Waals surface area contributed by atoms with Crippen LogP contribution in [0.3, 0.4) is 0 Å². The van der Waals surface area contributed by atoms with Crippen LogP contribution in [-0.4, -0.2) is 11.1 Å². The molecule has 0 saturated heterocycles. The maximum atomic E-state index is 10.3. The Balaban J connectivity index is 1.74. The molecule has 2 fully saturated rings. The summed E-state index contributed by atoms with van der Waals surface area (Å²) in [5, 5.41) is 8.52. The minimum atomic E-state index is -0.626. The zero-order valence-electron chi connectivity index (χ0n) is 7.33. The molecule has 0 aromatic carbocycles. The van der Waals surface area contributed by atoms with E-state index in [0.717, 1.165) is 24.2 Å². The van der Waals surface area contributed by atoms with E-state index in [9.17, 15) is 4.79 Å². The molecule has 1 N–H and O–H groups in total. The molecule has 0 aromatic heterocycles. The summed E-state index contributed by atoms with van der Waals surface area (Å²) in [4.78, 5) is 10.3. The van der Waals surface area contributed by atoms with Gasteiger partial charge in [0.1, 0.15) is 0 Å². The first kappa shape index (κ1) is 8.09. The molecule has 0 bridgehead atoms. The van der Waals surface area contributed by atoms with Gasteiger partial charge in [0, 0.05) is 6.42 Å². The molecule has 0 radical (unpaired) electrons. The molecule has 0 spiro atoms. The second kappa shape index (κ2) is 3.08. The van der Waals surface area contributed by atoms with E-state index >= 15 is 0 Å². The SMILES string of the molecule is O=C(O)CCC1C2CCCCC21. The molecule has 2 unspecified atom stereocenters. The predicted octanol–water partition coefficient (Wildman–Crippen LogP) is 2.29. The highest BCUT2D eigenvalue weighted by molar-refractivity contribution is 5.66. The Hall–Kier alpha value is -0.530. The van der Waals surface area contributed by atoms with Crippen LogP contribution < -0.4 is 0 Å². The van der Waals surface area contributed by atoms with Crippen molar-refractivity contribution in [3.63, 3.8) is 0 Å². The van der Waals surface area contributed by atoms with Crippen molar-refractivity contribution in [2.24, 2.45) is 17.8 Å². The van der Waals surface area contributed by atoms with Crippen molar-refractivity contribution in [2.75, 3.05) is 0 Å². The van der Waals surface area contributed by atoms with Crippen molar-refractivity contribution in [3.05, 3.63) is 0 Å². The molecule has 2 aliphatic carbocycles. The number of aliphatic carboxylic acids is 1. The Labute approximate surface area is 73.0 Å². The maximum Gasteiger partial charge on any atom is 0.303 e. The fourth-order valence-electron chi connectivity index (χ4n) is 2.86. The van der Waals surface area contributed by atoms with Gasteiger partial charge >= 0.3 is 5.97 Å². The van der Waals surface area contributed by atoms with Crippen LogP contribution in [0, 0.1) is 17.8 Å². The average Bonchev–Trinajstić information content (AvgIpc) is 2.74. The Bertz CT molecular complexity index is 176. The quantitative estimate of drug-likeness (QED) is 0.702. The molecule has 0 aromatic rings. The van der Waals surface area contributed by atoms with E-state index in [1.807, 2.05) is 0 Å². The van der Waals surface area contributed by atoms with Crippen LogP contribution in [0.15, 0.2) is 0 Å². The monoisotopic (exact) mass is 168 g/mol. The van der Waals surface area contributed by atoms with E-state index in [2.05, 4.69) is 0 Å². The number of rotatable bonds is 3. The molecular weight excluding hydrogens is 152 g/mol. The van der Waals surface area contributed by atoms with Gasteiger partial charge in [-0.2, -0.15) is 0 Å². The summed E-state index contributed by atoms with van der Waals surface area (Å²) in [5.41, 5.74) is 0. The summed E-state index contributed by atoms with van der Waals surface area (Å²) in [7, 11) is 0. The van der Waals surface area contributed by atoms with Crippen molar-refractivity contribution in [1.29, 1.82) is 0 Å². The third kappa shape index (κ3) is 1.47. The number of hydrogen-bond donors (Lipinski definition) is 1. The first-order valence-corrected chi connectivity index (χ1v) is 5.01. The first-order chi connectivity index (χ1) is 5.79. The van der Waals surface area contributed by atoms with Gasteiger partial charge in [-0.15, -0.1) is 0 Å². The van der Waals surface area contributed by atoms with Crippen molar-refractivity contribution >= 4 is 5.97 Å². The van der Waals surface area contributed by atoms with Gasteiger partial charge in [-0.05, 0) is 37.0 Å². The minimum Gasteiger partial charge on any atom is -0.481 e. The lowest BCUT2D eigenvalue weighted by Crippen LogP contribution is -1.95. The third-order valence-electron chi connectivity index (χ3n) is 3.53. The highest BCUT2D eigenvalue weighted by Crippen LogP contribution is 2.57. The van der Waals surface area contributed by atoms with E-state index in [0.29, 0.717) is 6.42 Å². The van der Waals surface area contributed by atoms with E-state index in [1.54, 1.807) is 0 Å². The van der Waals surface area contributed by atoms with Crippen LogP contribution >= 0.6 is 0 Å². The highest BCUT2D eigenvalue weighted by atomic mass is 16.4. The van der Waals surface area contributed by atoms with E-state index in [-0.39, 0.29) is 0 Å². The molecule has 0 amide bonds. The lowest BCUT2D eigenvalue weighted by Gasteiger charge is -2.05. The van der Waals surface area contributed by atoms with Crippen molar-refractivity contribution in [2.45, 2.75) is 38.5 Å². The van der Waals surface area contributed by atoms with E-state index in [4.69, 9.17) is 5.11 Å². The van der Waals surface area contributed by atoms with Crippen LogP contribution in [-0.2, 0) is 4.79 Å². The second-order valence-electron chi connectivity index (χ2n) is 4.21. The topological polar surface area (TPSA) is 37.3 Å². The standard InChI is InChI=1S/C10H16O2/c11-10(12)6-5-9-7-3-1-2-4-8(7)9/h7-9H,1-6H2,(H,11,12). The third-order valence-corrected chi connectivity index (χ3v) is 3.53. The first-order valence-electron chi connectivity index (χ1n) is 5.01. The second-order valence-corrected chi connectivity index (χ2v) is 4.21. The van der Waals surface area contributed by atoms with Gasteiger partial charge in [-0.3, -0.25) is 4.79 Å². The predicted molar refractivity (Wildman–Crippen MR) is 45.8 cm³/mol. The Morgan fingerprint density at radius 2 is 1.83 bits per heavy atom. The summed E-state index contributed by atoms with van der Waals surface area (Å²) >= 11 is 0. The summed E-state index contributed by atoms with van der Waals surface area (Å²) in [6, 6.07) is 0. The molecule has 68 valence electrons. The Morgan fingerprint density at radius 1 is 1.25 bits per heavy atom. The normalized spacial score (nSPS) is 38.8. The van der Waals surface area contributed by atoms with Gasteiger partial charge in [-0.1, -0.05) is 12.8 Å².